The van der Waals surface area contributed by atoms with Crippen molar-refractivity contribution in [3.8, 4) is 0 Å². The molecule has 8 nitrogen and oxygen atoms in total. The highest BCUT2D eigenvalue weighted by Crippen LogP contribution is 2.33. The lowest BCUT2D eigenvalue weighted by atomic mass is 9.89. The van der Waals surface area contributed by atoms with E-state index in [2.05, 4.69) is 17.4 Å². The molecular formula is C16H20F4N2O6S2. The molecule has 0 aliphatic carbocycles. The second kappa shape index (κ2) is 9.94. The molecule has 1 fully saturated rings. The van der Waals surface area contributed by atoms with Crippen LogP contribution in [0.4, 0.5) is 17.6 Å². The summed E-state index contributed by atoms with van der Waals surface area (Å²) < 4.78 is 70.6. The average Bonchev–Trinajstić information content (AvgIpc) is 2.62. The molecule has 3 N–H and O–H groups in total. The molecule has 0 bridgehead atoms. The van der Waals surface area contributed by atoms with Gasteiger partial charge in [-0.25, -0.2) is 17.6 Å². The molecule has 1 atom stereocenters. The van der Waals surface area contributed by atoms with Crippen molar-refractivity contribution >= 4 is 34.6 Å². The lowest BCUT2D eigenvalue weighted by Crippen LogP contribution is -2.57. The molecule has 14 heteroatoms. The SMILES string of the molecule is CN1CCC(S)([C@H](NS(=O)(=O)c2ccc(F)cc2)C(=O)O)CC1.O=C(O)C(F)(F)F. The van der Waals surface area contributed by atoms with Gasteiger partial charge in [-0.15, -0.1) is 0 Å². The van der Waals surface area contributed by atoms with Crippen LogP contribution < -0.4 is 4.72 Å². The molecule has 1 aliphatic heterocycles. The Morgan fingerprint density at radius 1 is 1.17 bits per heavy atom. The number of hydrogen-bond acceptors (Lipinski definition) is 6. The van der Waals surface area contributed by atoms with Crippen LogP contribution >= 0.6 is 12.6 Å². The number of alkyl halides is 3. The first kappa shape index (κ1) is 26.1. The molecular weight excluding hydrogens is 456 g/mol. The Kier molecular flexibility index (Phi) is 8.66. The summed E-state index contributed by atoms with van der Waals surface area (Å²) in [6.07, 6.45) is -4.20. The number of aliphatic carboxylic acids is 2. The number of piperidine rings is 1. The van der Waals surface area contributed by atoms with E-state index in [0.29, 0.717) is 25.9 Å². The van der Waals surface area contributed by atoms with Crippen molar-refractivity contribution in [1.82, 2.24) is 9.62 Å². The lowest BCUT2D eigenvalue weighted by Gasteiger charge is -2.40. The second-order valence-corrected chi connectivity index (χ2v) is 9.16. The van der Waals surface area contributed by atoms with Crippen LogP contribution in [-0.2, 0) is 19.6 Å². The normalized spacial score (nSPS) is 18.1. The maximum absolute atomic E-state index is 12.9. The van der Waals surface area contributed by atoms with Gasteiger partial charge in [-0.1, -0.05) is 0 Å². The van der Waals surface area contributed by atoms with Crippen LogP contribution in [0.15, 0.2) is 29.2 Å². The van der Waals surface area contributed by atoms with E-state index >= 15 is 0 Å². The van der Waals surface area contributed by atoms with Crippen LogP contribution in [0.1, 0.15) is 12.8 Å². The van der Waals surface area contributed by atoms with Crippen LogP contribution in [-0.4, -0.2) is 72.6 Å². The third-order valence-electron chi connectivity index (χ3n) is 4.28. The number of carboxylic acid groups (broad SMARTS) is 2. The number of nitrogens with zero attached hydrogens (tertiary/aromatic N) is 1. The van der Waals surface area contributed by atoms with E-state index in [4.69, 9.17) is 9.90 Å². The van der Waals surface area contributed by atoms with Crippen LogP contribution in [0.5, 0.6) is 0 Å². The molecule has 2 rings (SSSR count). The average molecular weight is 476 g/mol. The predicted molar refractivity (Wildman–Crippen MR) is 100 cm³/mol. The molecule has 0 aromatic heterocycles. The number of likely N-dealkylation sites (tertiary alicyclic amines) is 1. The van der Waals surface area contributed by atoms with Crippen molar-refractivity contribution in [2.75, 3.05) is 20.1 Å². The highest BCUT2D eigenvalue weighted by atomic mass is 32.2. The van der Waals surface area contributed by atoms with Gasteiger partial charge in [0.1, 0.15) is 11.9 Å². The molecule has 0 amide bonds. The van der Waals surface area contributed by atoms with Crippen molar-refractivity contribution in [2.45, 2.75) is 34.7 Å². The van der Waals surface area contributed by atoms with E-state index in [-0.39, 0.29) is 4.90 Å². The number of thiol groups is 1. The van der Waals surface area contributed by atoms with E-state index in [9.17, 15) is 35.9 Å². The van der Waals surface area contributed by atoms with Crippen LogP contribution in [0.25, 0.3) is 0 Å². The van der Waals surface area contributed by atoms with Gasteiger partial charge < -0.3 is 15.1 Å². The molecule has 30 heavy (non-hydrogen) atoms. The fourth-order valence-electron chi connectivity index (χ4n) is 2.52. The van der Waals surface area contributed by atoms with Crippen molar-refractivity contribution in [2.24, 2.45) is 0 Å². The van der Waals surface area contributed by atoms with Crippen molar-refractivity contribution in [3.05, 3.63) is 30.1 Å². The molecule has 1 saturated heterocycles. The first-order chi connectivity index (χ1) is 13.6. The zero-order valence-electron chi connectivity index (χ0n) is 15.6. The lowest BCUT2D eigenvalue weighted by molar-refractivity contribution is -0.192. The minimum Gasteiger partial charge on any atom is -0.480 e. The maximum atomic E-state index is 12.9. The third kappa shape index (κ3) is 7.41. The van der Waals surface area contributed by atoms with Gasteiger partial charge in [0.2, 0.25) is 10.0 Å². The molecule has 1 heterocycles. The molecule has 170 valence electrons. The first-order valence-corrected chi connectivity index (χ1v) is 10.2. The molecule has 0 radical (unpaired) electrons. The van der Waals surface area contributed by atoms with Gasteiger partial charge in [-0.3, -0.25) is 4.79 Å². The summed E-state index contributed by atoms with van der Waals surface area (Å²) in [5, 5.41) is 16.6. The largest absolute Gasteiger partial charge is 0.490 e. The van der Waals surface area contributed by atoms with E-state index in [1.807, 2.05) is 11.9 Å². The number of benzene rings is 1. The van der Waals surface area contributed by atoms with Crippen LogP contribution in [0, 0.1) is 5.82 Å². The van der Waals surface area contributed by atoms with E-state index < -0.39 is 44.7 Å². The topological polar surface area (TPSA) is 124 Å². The molecule has 1 aromatic carbocycles. The van der Waals surface area contributed by atoms with E-state index in [0.717, 1.165) is 24.3 Å². The quantitative estimate of drug-likeness (QED) is 0.376. The van der Waals surface area contributed by atoms with Gasteiger partial charge in [-0.2, -0.15) is 30.5 Å². The highest BCUT2D eigenvalue weighted by Gasteiger charge is 2.44. The molecule has 1 aromatic rings. The van der Waals surface area contributed by atoms with E-state index in [1.54, 1.807) is 0 Å². The number of sulfonamides is 1. The minimum atomic E-state index is -5.08. The Balaban J connectivity index is 0.000000553. The Morgan fingerprint density at radius 2 is 1.60 bits per heavy atom. The second-order valence-electron chi connectivity index (χ2n) is 6.56. The summed E-state index contributed by atoms with van der Waals surface area (Å²) in [4.78, 5) is 22.3. The van der Waals surface area contributed by atoms with Crippen molar-refractivity contribution in [3.63, 3.8) is 0 Å². The summed E-state index contributed by atoms with van der Waals surface area (Å²) in [7, 11) is -2.17. The molecule has 0 spiro atoms. The van der Waals surface area contributed by atoms with Gasteiger partial charge in [0, 0.05) is 4.75 Å². The van der Waals surface area contributed by atoms with Crippen molar-refractivity contribution < 1.29 is 45.8 Å². The fraction of sp³-hybridized carbons (Fsp3) is 0.500. The number of carboxylic acids is 2. The van der Waals surface area contributed by atoms with Crippen LogP contribution in [0.3, 0.4) is 0 Å². The Bertz CT molecular complexity index is 853. The Morgan fingerprint density at radius 3 is 1.97 bits per heavy atom. The minimum absolute atomic E-state index is 0.185. The zero-order valence-corrected chi connectivity index (χ0v) is 17.3. The summed E-state index contributed by atoms with van der Waals surface area (Å²) in [6.45, 7) is 1.26. The standard InChI is InChI=1S/C14H19FN2O4S2.C2HF3O2/c1-17-8-6-14(22,7-9-17)12(13(18)19)16-23(20,21)11-4-2-10(15)3-5-11;3-2(4,5)1(6)7/h2-5,12,16,22H,6-9H2,1H3,(H,18,19);(H,6,7)/t12-;/m1./s1. The Labute approximate surface area is 175 Å². The Hall–Kier alpha value is -1.90. The fourth-order valence-corrected chi connectivity index (χ4v) is 4.25. The predicted octanol–water partition coefficient (Wildman–Crippen LogP) is 1.58. The number of rotatable bonds is 5. The molecule has 0 unspecified atom stereocenters. The summed E-state index contributed by atoms with van der Waals surface area (Å²) in [5.41, 5.74) is 0. The smallest absolute Gasteiger partial charge is 0.480 e. The van der Waals surface area contributed by atoms with Crippen molar-refractivity contribution in [1.29, 1.82) is 0 Å². The first-order valence-electron chi connectivity index (χ1n) is 8.30. The number of halogens is 4. The monoisotopic (exact) mass is 476 g/mol. The third-order valence-corrected chi connectivity index (χ3v) is 6.42. The molecule has 0 saturated carbocycles. The summed E-state index contributed by atoms with van der Waals surface area (Å²) >= 11 is 4.47. The van der Waals surface area contributed by atoms with Gasteiger partial charge >= 0.3 is 18.1 Å². The number of nitrogens with one attached hydrogen (secondary N) is 1. The highest BCUT2D eigenvalue weighted by molar-refractivity contribution is 7.89. The molecule has 1 aliphatic rings. The van der Waals surface area contributed by atoms with Gasteiger partial charge in [0.05, 0.1) is 4.90 Å². The summed E-state index contributed by atoms with van der Waals surface area (Å²) in [5.74, 6) is -4.61. The summed E-state index contributed by atoms with van der Waals surface area (Å²) in [6, 6.07) is 2.84. The maximum Gasteiger partial charge on any atom is 0.490 e. The van der Waals surface area contributed by atoms with E-state index in [1.165, 1.54) is 0 Å². The van der Waals surface area contributed by atoms with Gasteiger partial charge in [0.15, 0.2) is 0 Å². The zero-order chi connectivity index (χ0) is 23.3. The van der Waals surface area contributed by atoms with Gasteiger partial charge in [0.25, 0.3) is 0 Å². The van der Waals surface area contributed by atoms with Gasteiger partial charge in [-0.05, 0) is 57.2 Å². The number of carbonyl (C=O) groups is 2. The van der Waals surface area contributed by atoms with Crippen LogP contribution in [0.2, 0.25) is 0 Å². The number of hydrogen-bond donors (Lipinski definition) is 4.